The number of benzene rings is 1. The number of nitrogens with zero attached hydrogens (tertiary/aromatic N) is 1. The van der Waals surface area contributed by atoms with Crippen LogP contribution in [0.5, 0.6) is 0 Å². The maximum atomic E-state index is 5.48. The molecule has 1 unspecified atom stereocenters. The lowest BCUT2D eigenvalue weighted by atomic mass is 10.2. The van der Waals surface area contributed by atoms with Crippen LogP contribution in [0.25, 0.3) is 0 Å². The van der Waals surface area contributed by atoms with Crippen LogP contribution in [-0.4, -0.2) is 19.4 Å². The summed E-state index contributed by atoms with van der Waals surface area (Å²) in [4.78, 5) is 2.28. The number of hydrogen-bond acceptors (Lipinski definition) is 2. The molecule has 1 heterocycles. The fourth-order valence-corrected chi connectivity index (χ4v) is 1.67. The van der Waals surface area contributed by atoms with Crippen LogP contribution in [0.2, 0.25) is 0 Å². The highest BCUT2D eigenvalue weighted by Crippen LogP contribution is 2.21. The van der Waals surface area contributed by atoms with Gasteiger partial charge >= 0.3 is 0 Å². The second-order valence-electron chi connectivity index (χ2n) is 3.50. The van der Waals surface area contributed by atoms with E-state index in [0.717, 1.165) is 13.2 Å². The number of hydrogen-bond donors (Lipinski definition) is 0. The molecular formula is C11H15NO. The summed E-state index contributed by atoms with van der Waals surface area (Å²) in [7, 11) is 0. The Balaban J connectivity index is 2.20. The van der Waals surface area contributed by atoms with Gasteiger partial charge in [-0.1, -0.05) is 17.7 Å². The summed E-state index contributed by atoms with van der Waals surface area (Å²) < 4.78 is 5.48. The molecule has 0 aliphatic carbocycles. The smallest absolute Gasteiger partial charge is 0.127 e. The van der Waals surface area contributed by atoms with Crippen molar-refractivity contribution < 1.29 is 4.74 Å². The van der Waals surface area contributed by atoms with Crippen LogP contribution < -0.4 is 4.90 Å². The largest absolute Gasteiger partial charge is 0.357 e. The van der Waals surface area contributed by atoms with Crippen LogP contribution in [0.3, 0.4) is 0 Å². The topological polar surface area (TPSA) is 12.5 Å². The zero-order chi connectivity index (χ0) is 9.26. The van der Waals surface area contributed by atoms with Gasteiger partial charge in [0.05, 0.1) is 6.61 Å². The van der Waals surface area contributed by atoms with E-state index in [1.807, 2.05) is 0 Å². The molecule has 70 valence electrons. The molecule has 0 aromatic heterocycles. The van der Waals surface area contributed by atoms with Crippen LogP contribution in [0, 0.1) is 6.92 Å². The van der Waals surface area contributed by atoms with E-state index < -0.39 is 0 Å². The minimum atomic E-state index is 0.225. The van der Waals surface area contributed by atoms with E-state index in [2.05, 4.69) is 43.0 Å². The third kappa shape index (κ3) is 1.68. The molecule has 1 aromatic carbocycles. The summed E-state index contributed by atoms with van der Waals surface area (Å²) in [6.07, 6.45) is 0.225. The Kier molecular flexibility index (Phi) is 2.23. The molecule has 0 bridgehead atoms. The maximum Gasteiger partial charge on any atom is 0.127 e. The van der Waals surface area contributed by atoms with Gasteiger partial charge in [-0.05, 0) is 26.0 Å². The second kappa shape index (κ2) is 3.38. The van der Waals surface area contributed by atoms with Crippen molar-refractivity contribution in [3.8, 4) is 0 Å². The van der Waals surface area contributed by atoms with Gasteiger partial charge in [-0.25, -0.2) is 0 Å². The van der Waals surface area contributed by atoms with Gasteiger partial charge in [-0.15, -0.1) is 0 Å². The molecule has 2 heteroatoms. The first-order chi connectivity index (χ1) is 6.27. The van der Waals surface area contributed by atoms with Gasteiger partial charge in [-0.2, -0.15) is 0 Å². The molecule has 1 aliphatic rings. The zero-order valence-electron chi connectivity index (χ0n) is 8.16. The third-order valence-corrected chi connectivity index (χ3v) is 2.50. The summed E-state index contributed by atoms with van der Waals surface area (Å²) >= 11 is 0. The lowest BCUT2D eigenvalue weighted by molar-refractivity contribution is 0.127. The third-order valence-electron chi connectivity index (χ3n) is 2.50. The Bertz CT molecular complexity index is 281. The molecule has 1 fully saturated rings. The van der Waals surface area contributed by atoms with Crippen molar-refractivity contribution in [3.63, 3.8) is 0 Å². The van der Waals surface area contributed by atoms with Crippen LogP contribution in [0.1, 0.15) is 12.5 Å². The predicted octanol–water partition coefficient (Wildman–Crippen LogP) is 2.18. The van der Waals surface area contributed by atoms with Crippen LogP contribution in [0.15, 0.2) is 24.3 Å². The molecule has 0 radical (unpaired) electrons. The van der Waals surface area contributed by atoms with E-state index in [4.69, 9.17) is 4.74 Å². The highest BCUT2D eigenvalue weighted by molar-refractivity contribution is 5.48. The first kappa shape index (κ1) is 8.57. The van der Waals surface area contributed by atoms with Gasteiger partial charge in [0.2, 0.25) is 0 Å². The fraction of sp³-hybridized carbons (Fsp3) is 0.455. The Morgan fingerprint density at radius 2 is 2.00 bits per heavy atom. The van der Waals surface area contributed by atoms with Crippen molar-refractivity contribution in [2.24, 2.45) is 0 Å². The molecule has 1 saturated heterocycles. The van der Waals surface area contributed by atoms with Crippen molar-refractivity contribution in [1.29, 1.82) is 0 Å². The van der Waals surface area contributed by atoms with Crippen molar-refractivity contribution in [2.45, 2.75) is 20.1 Å². The molecule has 0 amide bonds. The van der Waals surface area contributed by atoms with Crippen LogP contribution >= 0.6 is 0 Å². The average molecular weight is 177 g/mol. The van der Waals surface area contributed by atoms with Crippen molar-refractivity contribution in [1.82, 2.24) is 0 Å². The standard InChI is InChI=1S/C11H15NO/c1-9-3-5-11(6-4-9)12-7-8-13-10(12)2/h3-6,10H,7-8H2,1-2H3. The lowest BCUT2D eigenvalue weighted by Gasteiger charge is -2.21. The summed E-state index contributed by atoms with van der Waals surface area (Å²) in [6.45, 7) is 6.04. The summed E-state index contributed by atoms with van der Waals surface area (Å²) in [6, 6.07) is 8.59. The lowest BCUT2D eigenvalue weighted by Crippen LogP contribution is -2.26. The number of aryl methyl sites for hydroxylation is 1. The Hall–Kier alpha value is -1.02. The predicted molar refractivity (Wildman–Crippen MR) is 53.9 cm³/mol. The normalized spacial score (nSPS) is 22.3. The molecule has 1 aromatic rings. The zero-order valence-corrected chi connectivity index (χ0v) is 8.16. The monoisotopic (exact) mass is 177 g/mol. The Labute approximate surface area is 79.1 Å². The van der Waals surface area contributed by atoms with Gasteiger partial charge in [-0.3, -0.25) is 0 Å². The van der Waals surface area contributed by atoms with E-state index in [0.29, 0.717) is 0 Å². The first-order valence-electron chi connectivity index (χ1n) is 4.72. The van der Waals surface area contributed by atoms with E-state index in [9.17, 15) is 0 Å². The first-order valence-corrected chi connectivity index (χ1v) is 4.72. The maximum absolute atomic E-state index is 5.48. The number of ether oxygens (including phenoxy) is 1. The number of rotatable bonds is 1. The van der Waals surface area contributed by atoms with Crippen molar-refractivity contribution >= 4 is 5.69 Å². The van der Waals surface area contributed by atoms with E-state index in [-0.39, 0.29) is 6.23 Å². The van der Waals surface area contributed by atoms with E-state index in [1.54, 1.807) is 0 Å². The molecular weight excluding hydrogens is 162 g/mol. The van der Waals surface area contributed by atoms with Gasteiger partial charge in [0.25, 0.3) is 0 Å². The van der Waals surface area contributed by atoms with Gasteiger partial charge in [0, 0.05) is 12.2 Å². The molecule has 2 rings (SSSR count). The quantitative estimate of drug-likeness (QED) is 0.652. The van der Waals surface area contributed by atoms with Gasteiger partial charge < -0.3 is 9.64 Å². The second-order valence-corrected chi connectivity index (χ2v) is 3.50. The minimum Gasteiger partial charge on any atom is -0.357 e. The summed E-state index contributed by atoms with van der Waals surface area (Å²) in [5.74, 6) is 0. The molecule has 0 saturated carbocycles. The van der Waals surface area contributed by atoms with Crippen LogP contribution in [0.4, 0.5) is 5.69 Å². The highest BCUT2D eigenvalue weighted by atomic mass is 16.5. The van der Waals surface area contributed by atoms with E-state index in [1.165, 1.54) is 11.3 Å². The fourth-order valence-electron chi connectivity index (χ4n) is 1.67. The summed E-state index contributed by atoms with van der Waals surface area (Å²) in [5, 5.41) is 0. The molecule has 2 nitrogen and oxygen atoms in total. The van der Waals surface area contributed by atoms with Gasteiger partial charge in [0.15, 0.2) is 0 Å². The molecule has 0 spiro atoms. The molecule has 1 atom stereocenters. The Morgan fingerprint density at radius 1 is 1.31 bits per heavy atom. The van der Waals surface area contributed by atoms with Crippen molar-refractivity contribution in [3.05, 3.63) is 29.8 Å². The SMILES string of the molecule is Cc1ccc(N2CCOC2C)cc1. The van der Waals surface area contributed by atoms with E-state index >= 15 is 0 Å². The molecule has 1 aliphatic heterocycles. The van der Waals surface area contributed by atoms with Crippen molar-refractivity contribution in [2.75, 3.05) is 18.1 Å². The average Bonchev–Trinajstić information content (AvgIpc) is 2.53. The summed E-state index contributed by atoms with van der Waals surface area (Å²) in [5.41, 5.74) is 2.56. The minimum absolute atomic E-state index is 0.225. The number of anilines is 1. The molecule has 0 N–H and O–H groups in total. The van der Waals surface area contributed by atoms with Crippen LogP contribution in [-0.2, 0) is 4.74 Å². The van der Waals surface area contributed by atoms with Gasteiger partial charge in [0.1, 0.15) is 6.23 Å². The molecule has 13 heavy (non-hydrogen) atoms. The Morgan fingerprint density at radius 3 is 2.54 bits per heavy atom. The highest BCUT2D eigenvalue weighted by Gasteiger charge is 2.20.